The van der Waals surface area contributed by atoms with Crippen LogP contribution < -0.4 is 4.90 Å². The van der Waals surface area contributed by atoms with Crippen molar-refractivity contribution in [2.45, 2.75) is 6.10 Å². The summed E-state index contributed by atoms with van der Waals surface area (Å²) in [6.45, 7) is 0. The van der Waals surface area contributed by atoms with Gasteiger partial charge in [0.15, 0.2) is 5.76 Å². The number of nitro groups is 1. The van der Waals surface area contributed by atoms with E-state index < -0.39 is 28.8 Å². The van der Waals surface area contributed by atoms with Crippen molar-refractivity contribution in [1.29, 1.82) is 0 Å². The van der Waals surface area contributed by atoms with Gasteiger partial charge in [-0.3, -0.25) is 19.7 Å². The summed E-state index contributed by atoms with van der Waals surface area (Å²) in [5, 5.41) is 15.4. The minimum atomic E-state index is -1.08. The molecule has 0 aliphatic carbocycles. The van der Waals surface area contributed by atoms with Gasteiger partial charge in [0.2, 0.25) is 12.0 Å². The Morgan fingerprint density at radius 2 is 1.74 bits per heavy atom. The molecule has 2 atom stereocenters. The van der Waals surface area contributed by atoms with E-state index in [1.165, 1.54) is 12.1 Å². The first-order chi connectivity index (χ1) is 14.9. The molecule has 2 aliphatic rings. The standard InChI is InChI=1S/C21H12ClN3O6/c22-12-4-6-13(7-5-12)24-20(26)17-18(23-31-19(17)21(24)27)16-9-8-15(30-16)11-2-1-3-14(10-11)25(28)29/h1-10,17,19H. The van der Waals surface area contributed by atoms with Gasteiger partial charge in [-0.1, -0.05) is 28.9 Å². The number of imide groups is 1. The minimum Gasteiger partial charge on any atom is -0.455 e. The number of anilines is 1. The topological polar surface area (TPSA) is 115 Å². The number of carbonyl (C=O) groups is 2. The van der Waals surface area contributed by atoms with Crippen molar-refractivity contribution in [1.82, 2.24) is 0 Å². The minimum absolute atomic E-state index is 0.0766. The number of oxime groups is 1. The summed E-state index contributed by atoms with van der Waals surface area (Å²) in [5.41, 5.74) is 0.991. The predicted octanol–water partition coefficient (Wildman–Crippen LogP) is 3.80. The van der Waals surface area contributed by atoms with Crippen molar-refractivity contribution in [2.75, 3.05) is 4.90 Å². The summed E-state index contributed by atoms with van der Waals surface area (Å²) in [6, 6.07) is 15.5. The molecule has 2 aliphatic heterocycles. The monoisotopic (exact) mass is 437 g/mol. The van der Waals surface area contributed by atoms with Crippen molar-refractivity contribution in [3.63, 3.8) is 0 Å². The lowest BCUT2D eigenvalue weighted by atomic mass is 9.98. The molecule has 154 valence electrons. The maximum absolute atomic E-state index is 13.1. The summed E-state index contributed by atoms with van der Waals surface area (Å²) < 4.78 is 5.80. The van der Waals surface area contributed by atoms with Crippen LogP contribution in [0.2, 0.25) is 5.02 Å². The Bertz CT molecular complexity index is 1270. The van der Waals surface area contributed by atoms with E-state index in [2.05, 4.69) is 5.16 Å². The smallest absolute Gasteiger partial charge is 0.278 e. The molecule has 1 fully saturated rings. The van der Waals surface area contributed by atoms with Crippen LogP contribution in [0.5, 0.6) is 0 Å². The van der Waals surface area contributed by atoms with Gasteiger partial charge in [0.05, 0.1) is 10.6 Å². The molecule has 5 rings (SSSR count). The molecular weight excluding hydrogens is 426 g/mol. The maximum Gasteiger partial charge on any atom is 0.278 e. The highest BCUT2D eigenvalue weighted by Crippen LogP contribution is 2.36. The average Bonchev–Trinajstić information content (AvgIpc) is 3.47. The third-order valence-electron chi connectivity index (χ3n) is 5.10. The second-order valence-corrected chi connectivity index (χ2v) is 7.38. The molecule has 0 spiro atoms. The molecule has 2 amide bonds. The van der Waals surface area contributed by atoms with Crippen LogP contribution in [-0.2, 0) is 14.4 Å². The number of non-ortho nitro benzene ring substituents is 1. The molecule has 1 aromatic heterocycles. The van der Waals surface area contributed by atoms with Gasteiger partial charge >= 0.3 is 0 Å². The number of carbonyl (C=O) groups excluding carboxylic acids is 2. The zero-order valence-corrected chi connectivity index (χ0v) is 16.4. The van der Waals surface area contributed by atoms with E-state index >= 15 is 0 Å². The quantitative estimate of drug-likeness (QED) is 0.348. The van der Waals surface area contributed by atoms with Gasteiger partial charge in [-0.15, -0.1) is 0 Å². The molecule has 2 aromatic carbocycles. The second kappa shape index (κ2) is 7.06. The lowest BCUT2D eigenvalue weighted by molar-refractivity contribution is -0.384. The van der Waals surface area contributed by atoms with Crippen molar-refractivity contribution in [3.8, 4) is 11.3 Å². The van der Waals surface area contributed by atoms with E-state index in [1.807, 2.05) is 0 Å². The number of nitrogens with zero attached hydrogens (tertiary/aromatic N) is 3. The van der Waals surface area contributed by atoms with E-state index in [0.717, 1.165) is 4.90 Å². The molecule has 31 heavy (non-hydrogen) atoms. The molecule has 3 heterocycles. The van der Waals surface area contributed by atoms with Crippen LogP contribution in [0.25, 0.3) is 11.3 Å². The normalized spacial score (nSPS) is 19.9. The molecule has 0 radical (unpaired) electrons. The third-order valence-corrected chi connectivity index (χ3v) is 5.35. The molecule has 0 bridgehead atoms. The fraction of sp³-hybridized carbons (Fsp3) is 0.0952. The van der Waals surface area contributed by atoms with E-state index in [4.69, 9.17) is 20.9 Å². The Kier molecular flexibility index (Phi) is 4.33. The molecule has 9 nitrogen and oxygen atoms in total. The largest absolute Gasteiger partial charge is 0.455 e. The SMILES string of the molecule is O=C1C2ON=C(c3ccc(-c4cccc([N+](=O)[O-])c4)o3)C2C(=O)N1c1ccc(Cl)cc1. The number of benzene rings is 2. The van der Waals surface area contributed by atoms with E-state index in [1.54, 1.807) is 48.5 Å². The van der Waals surface area contributed by atoms with Crippen molar-refractivity contribution >= 4 is 40.5 Å². The van der Waals surface area contributed by atoms with E-state index in [-0.39, 0.29) is 17.2 Å². The molecule has 10 heteroatoms. The Hall–Kier alpha value is -3.98. The fourth-order valence-electron chi connectivity index (χ4n) is 3.63. The summed E-state index contributed by atoms with van der Waals surface area (Å²) in [5.74, 6) is -1.36. The fourth-order valence-corrected chi connectivity index (χ4v) is 3.76. The number of fused-ring (bicyclic) bond motifs is 1. The van der Waals surface area contributed by atoms with E-state index in [9.17, 15) is 19.7 Å². The van der Waals surface area contributed by atoms with Gasteiger partial charge in [0, 0.05) is 22.7 Å². The number of rotatable bonds is 4. The Balaban J connectivity index is 1.45. The molecule has 1 saturated heterocycles. The zero-order valence-electron chi connectivity index (χ0n) is 15.6. The molecule has 2 unspecified atom stereocenters. The van der Waals surface area contributed by atoms with Crippen LogP contribution in [0, 0.1) is 16.0 Å². The average molecular weight is 438 g/mol. The zero-order chi connectivity index (χ0) is 21.7. The highest BCUT2D eigenvalue weighted by atomic mass is 35.5. The van der Waals surface area contributed by atoms with Crippen molar-refractivity contribution < 1.29 is 23.8 Å². The van der Waals surface area contributed by atoms with Crippen molar-refractivity contribution in [3.05, 3.63) is 81.6 Å². The van der Waals surface area contributed by atoms with Crippen LogP contribution in [0.15, 0.2) is 70.2 Å². The molecule has 0 N–H and O–H groups in total. The Morgan fingerprint density at radius 1 is 1.00 bits per heavy atom. The lowest BCUT2D eigenvalue weighted by Crippen LogP contribution is -2.33. The predicted molar refractivity (Wildman–Crippen MR) is 110 cm³/mol. The van der Waals surface area contributed by atoms with Gasteiger partial charge in [0.1, 0.15) is 17.4 Å². The Morgan fingerprint density at radius 3 is 2.48 bits per heavy atom. The number of furan rings is 1. The first-order valence-corrected chi connectivity index (χ1v) is 9.54. The highest BCUT2D eigenvalue weighted by molar-refractivity contribution is 6.33. The van der Waals surface area contributed by atoms with Gasteiger partial charge in [-0.05, 0) is 36.4 Å². The summed E-state index contributed by atoms with van der Waals surface area (Å²) in [4.78, 5) is 42.7. The van der Waals surface area contributed by atoms with Crippen LogP contribution in [0.1, 0.15) is 5.76 Å². The van der Waals surface area contributed by atoms with Crippen LogP contribution in [-0.4, -0.2) is 28.6 Å². The summed E-state index contributed by atoms with van der Waals surface area (Å²) in [7, 11) is 0. The third kappa shape index (κ3) is 3.06. The molecular formula is C21H12ClN3O6. The number of nitro benzene ring substituents is 1. The van der Waals surface area contributed by atoms with E-state index in [0.29, 0.717) is 22.0 Å². The van der Waals surface area contributed by atoms with Gasteiger partial charge in [0.25, 0.3) is 11.6 Å². The van der Waals surface area contributed by atoms with Crippen LogP contribution >= 0.6 is 11.6 Å². The van der Waals surface area contributed by atoms with Gasteiger partial charge in [-0.25, -0.2) is 4.90 Å². The number of hydrogen-bond donors (Lipinski definition) is 0. The molecule has 0 saturated carbocycles. The first-order valence-electron chi connectivity index (χ1n) is 9.16. The van der Waals surface area contributed by atoms with Crippen molar-refractivity contribution in [2.24, 2.45) is 11.1 Å². The van der Waals surface area contributed by atoms with Gasteiger partial charge in [-0.2, -0.15) is 0 Å². The van der Waals surface area contributed by atoms with Gasteiger partial charge < -0.3 is 9.25 Å². The molecule has 3 aromatic rings. The van der Waals surface area contributed by atoms with Crippen LogP contribution in [0.4, 0.5) is 11.4 Å². The summed E-state index contributed by atoms with van der Waals surface area (Å²) in [6.07, 6.45) is -1.08. The number of halogens is 1. The number of hydrogen-bond acceptors (Lipinski definition) is 7. The second-order valence-electron chi connectivity index (χ2n) is 6.94. The van der Waals surface area contributed by atoms with Crippen LogP contribution in [0.3, 0.4) is 0 Å². The number of amides is 2. The highest BCUT2D eigenvalue weighted by Gasteiger charge is 2.56. The maximum atomic E-state index is 13.1. The Labute approximate surface area is 179 Å². The lowest BCUT2D eigenvalue weighted by Gasteiger charge is -2.15. The summed E-state index contributed by atoms with van der Waals surface area (Å²) >= 11 is 5.89. The first kappa shape index (κ1) is 19.0.